The van der Waals surface area contributed by atoms with Gasteiger partial charge < -0.3 is 15.3 Å². The highest BCUT2D eigenvalue weighted by Gasteiger charge is 2.17. The van der Waals surface area contributed by atoms with Crippen molar-refractivity contribution in [2.75, 3.05) is 20.6 Å². The first-order valence-corrected chi connectivity index (χ1v) is 4.83. The summed E-state index contributed by atoms with van der Waals surface area (Å²) in [5.41, 5.74) is 0. The van der Waals surface area contributed by atoms with Gasteiger partial charge in [-0.15, -0.1) is 0 Å². The average molecular weight is 230 g/mol. The van der Waals surface area contributed by atoms with Crippen molar-refractivity contribution in [2.45, 2.75) is 20.0 Å². The van der Waals surface area contributed by atoms with Gasteiger partial charge in [-0.1, -0.05) is 0 Å². The Balaban J connectivity index is 4.48. The number of hydrogen-bond donors (Lipinski definition) is 2. The lowest BCUT2D eigenvalue weighted by atomic mass is 10.4. The van der Waals surface area contributed by atoms with Crippen molar-refractivity contribution < 1.29 is 14.7 Å². The van der Waals surface area contributed by atoms with Crippen LogP contribution in [-0.4, -0.2) is 60.0 Å². The standard InChI is InChI=1S/C9H18N4O3/c1-5-10-13(6-8(14)12(3)4)7(2)11-9(15)16/h5,7,11H,6H2,1-4H3,(H,15,16)/b10-5-. The third-order valence-electron chi connectivity index (χ3n) is 1.84. The van der Waals surface area contributed by atoms with Gasteiger partial charge in [-0.3, -0.25) is 9.80 Å². The highest BCUT2D eigenvalue weighted by atomic mass is 16.4. The van der Waals surface area contributed by atoms with Crippen LogP contribution in [0.4, 0.5) is 4.79 Å². The van der Waals surface area contributed by atoms with Gasteiger partial charge >= 0.3 is 6.09 Å². The van der Waals surface area contributed by atoms with Crippen LogP contribution in [-0.2, 0) is 4.79 Å². The molecule has 0 aliphatic heterocycles. The maximum atomic E-state index is 11.5. The first-order valence-electron chi connectivity index (χ1n) is 4.83. The smallest absolute Gasteiger partial charge is 0.406 e. The molecule has 0 aromatic heterocycles. The van der Waals surface area contributed by atoms with Crippen LogP contribution in [0.3, 0.4) is 0 Å². The van der Waals surface area contributed by atoms with Crippen molar-refractivity contribution in [1.29, 1.82) is 0 Å². The van der Waals surface area contributed by atoms with E-state index in [9.17, 15) is 9.59 Å². The molecule has 92 valence electrons. The Hall–Kier alpha value is -1.79. The van der Waals surface area contributed by atoms with Crippen molar-refractivity contribution in [2.24, 2.45) is 5.10 Å². The zero-order valence-electron chi connectivity index (χ0n) is 9.97. The van der Waals surface area contributed by atoms with Crippen LogP contribution in [0.2, 0.25) is 0 Å². The molecule has 0 rings (SSSR count). The number of hydrogen-bond acceptors (Lipinski definition) is 4. The van der Waals surface area contributed by atoms with Crippen molar-refractivity contribution in [3.63, 3.8) is 0 Å². The summed E-state index contributed by atoms with van der Waals surface area (Å²) in [6.45, 7) is 3.34. The molecule has 0 bridgehead atoms. The van der Waals surface area contributed by atoms with Gasteiger partial charge in [-0.25, -0.2) is 4.79 Å². The lowest BCUT2D eigenvalue weighted by molar-refractivity contribution is -0.130. The van der Waals surface area contributed by atoms with Crippen LogP contribution in [0.25, 0.3) is 0 Å². The van der Waals surface area contributed by atoms with Crippen molar-refractivity contribution in [3.8, 4) is 0 Å². The van der Waals surface area contributed by atoms with E-state index in [0.717, 1.165) is 0 Å². The molecule has 0 aliphatic rings. The Morgan fingerprint density at radius 1 is 1.50 bits per heavy atom. The Kier molecular flexibility index (Phi) is 5.91. The van der Waals surface area contributed by atoms with Crippen LogP contribution < -0.4 is 5.32 Å². The average Bonchev–Trinajstić information content (AvgIpc) is 2.15. The SMILES string of the molecule is C/C=N\N(CC(=O)N(C)C)C(C)NC(=O)O. The number of nitrogens with one attached hydrogen (secondary N) is 1. The van der Waals surface area contributed by atoms with Gasteiger partial charge in [-0.2, -0.15) is 5.10 Å². The number of carbonyl (C=O) groups excluding carboxylic acids is 1. The molecular weight excluding hydrogens is 212 g/mol. The Labute approximate surface area is 94.7 Å². The van der Waals surface area contributed by atoms with Gasteiger partial charge in [0.1, 0.15) is 12.7 Å². The fourth-order valence-corrected chi connectivity index (χ4v) is 0.959. The lowest BCUT2D eigenvalue weighted by Gasteiger charge is -2.26. The number of nitrogens with zero attached hydrogens (tertiary/aromatic N) is 3. The quantitative estimate of drug-likeness (QED) is 0.395. The normalized spacial score (nSPS) is 12.2. The summed E-state index contributed by atoms with van der Waals surface area (Å²) >= 11 is 0. The third-order valence-corrected chi connectivity index (χ3v) is 1.84. The highest BCUT2D eigenvalue weighted by Crippen LogP contribution is 1.97. The minimum absolute atomic E-state index is 0.0266. The summed E-state index contributed by atoms with van der Waals surface area (Å²) in [5, 5.41) is 16.1. The molecule has 0 spiro atoms. The molecule has 0 aliphatic carbocycles. The van der Waals surface area contributed by atoms with Crippen molar-refractivity contribution in [1.82, 2.24) is 15.2 Å². The van der Waals surface area contributed by atoms with Gasteiger partial charge in [0.2, 0.25) is 5.91 Å². The van der Waals surface area contributed by atoms with E-state index in [-0.39, 0.29) is 12.5 Å². The Bertz CT molecular complexity index is 278. The summed E-state index contributed by atoms with van der Waals surface area (Å²) in [6.07, 6.45) is -0.207. The van der Waals surface area contributed by atoms with E-state index in [1.807, 2.05) is 0 Å². The molecule has 0 aromatic rings. The molecule has 0 radical (unpaired) electrons. The molecule has 7 heteroatoms. The summed E-state index contributed by atoms with van der Waals surface area (Å²) in [6, 6.07) is 0. The fourth-order valence-electron chi connectivity index (χ4n) is 0.959. The number of carbonyl (C=O) groups is 2. The molecule has 0 heterocycles. The second kappa shape index (κ2) is 6.65. The van der Waals surface area contributed by atoms with Crippen LogP contribution >= 0.6 is 0 Å². The van der Waals surface area contributed by atoms with E-state index < -0.39 is 12.3 Å². The maximum Gasteiger partial charge on any atom is 0.406 e. The molecule has 16 heavy (non-hydrogen) atoms. The first kappa shape index (κ1) is 14.2. The maximum absolute atomic E-state index is 11.5. The summed E-state index contributed by atoms with van der Waals surface area (Å²) in [7, 11) is 3.26. The van der Waals surface area contributed by atoms with Crippen LogP contribution in [0.5, 0.6) is 0 Å². The topological polar surface area (TPSA) is 85.2 Å². The van der Waals surface area contributed by atoms with Gasteiger partial charge in [0.25, 0.3) is 0 Å². The number of amides is 2. The Morgan fingerprint density at radius 3 is 2.44 bits per heavy atom. The van der Waals surface area contributed by atoms with E-state index >= 15 is 0 Å². The number of hydrazone groups is 1. The minimum atomic E-state index is -1.15. The monoisotopic (exact) mass is 230 g/mol. The third kappa shape index (κ3) is 5.18. The zero-order valence-corrected chi connectivity index (χ0v) is 9.97. The predicted molar refractivity (Wildman–Crippen MR) is 60.2 cm³/mol. The molecular formula is C9H18N4O3. The van der Waals surface area contributed by atoms with E-state index in [1.165, 1.54) is 16.1 Å². The minimum Gasteiger partial charge on any atom is -0.465 e. The number of rotatable bonds is 5. The fraction of sp³-hybridized carbons (Fsp3) is 0.667. The largest absolute Gasteiger partial charge is 0.465 e. The van der Waals surface area contributed by atoms with Crippen molar-refractivity contribution >= 4 is 18.2 Å². The molecule has 1 unspecified atom stereocenters. The second-order valence-corrected chi connectivity index (χ2v) is 3.38. The molecule has 1 atom stereocenters. The van der Waals surface area contributed by atoms with Crippen LogP contribution in [0, 0.1) is 0 Å². The molecule has 7 nitrogen and oxygen atoms in total. The Morgan fingerprint density at radius 2 is 2.06 bits per heavy atom. The number of likely N-dealkylation sites (N-methyl/N-ethyl adjacent to an activating group) is 1. The van der Waals surface area contributed by atoms with Crippen LogP contribution in [0.15, 0.2) is 5.10 Å². The first-order chi connectivity index (χ1) is 7.38. The second-order valence-electron chi connectivity index (χ2n) is 3.38. The lowest BCUT2D eigenvalue weighted by Crippen LogP contribution is -2.46. The molecule has 2 N–H and O–H groups in total. The highest BCUT2D eigenvalue weighted by molar-refractivity contribution is 5.77. The zero-order chi connectivity index (χ0) is 12.7. The van der Waals surface area contributed by atoms with Gasteiger partial charge in [-0.05, 0) is 13.8 Å². The van der Waals surface area contributed by atoms with Gasteiger partial charge in [0.15, 0.2) is 0 Å². The predicted octanol–water partition coefficient (Wildman–Crippen LogP) is -0.00410. The van der Waals surface area contributed by atoms with E-state index in [1.54, 1.807) is 27.9 Å². The molecule has 2 amide bonds. The number of carboxylic acid groups (broad SMARTS) is 1. The van der Waals surface area contributed by atoms with Crippen molar-refractivity contribution in [3.05, 3.63) is 0 Å². The molecule has 0 fully saturated rings. The van der Waals surface area contributed by atoms with E-state index in [4.69, 9.17) is 5.11 Å². The summed E-state index contributed by atoms with van der Waals surface area (Å²) in [5.74, 6) is -0.148. The van der Waals surface area contributed by atoms with E-state index in [2.05, 4.69) is 10.4 Å². The molecule has 0 saturated heterocycles. The summed E-state index contributed by atoms with van der Waals surface area (Å²) in [4.78, 5) is 23.3. The molecule has 0 aromatic carbocycles. The van der Waals surface area contributed by atoms with Gasteiger partial charge in [0.05, 0.1) is 0 Å². The van der Waals surface area contributed by atoms with E-state index in [0.29, 0.717) is 0 Å². The van der Waals surface area contributed by atoms with Crippen LogP contribution in [0.1, 0.15) is 13.8 Å². The molecule has 0 saturated carbocycles. The summed E-state index contributed by atoms with van der Waals surface area (Å²) < 4.78 is 0. The van der Waals surface area contributed by atoms with Gasteiger partial charge in [0, 0.05) is 20.3 Å².